The summed E-state index contributed by atoms with van der Waals surface area (Å²) in [5.74, 6) is -0.101. The van der Waals surface area contributed by atoms with Gasteiger partial charge in [-0.1, -0.05) is 12.2 Å². The molecule has 1 heterocycles. The van der Waals surface area contributed by atoms with E-state index in [1.54, 1.807) is 24.3 Å². The highest BCUT2D eigenvalue weighted by atomic mass is 16.2. The van der Waals surface area contributed by atoms with Gasteiger partial charge in [0, 0.05) is 0 Å². The van der Waals surface area contributed by atoms with Gasteiger partial charge in [0.2, 0.25) is 11.8 Å². The SMILES string of the molecule is N#Cc1ccc(N2C(=O)[C@@H]3[C@H](C2=O)[C@H]2C=C[C@H]3CC2)cc1. The molecule has 4 heteroatoms. The molecular formula is C17H14N2O2. The molecule has 1 aromatic carbocycles. The molecule has 1 aliphatic heterocycles. The predicted octanol–water partition coefficient (Wildman–Crippen LogP) is 2.26. The van der Waals surface area contributed by atoms with E-state index >= 15 is 0 Å². The molecule has 4 atom stereocenters. The van der Waals surface area contributed by atoms with Crippen LogP contribution in [0.5, 0.6) is 0 Å². The average Bonchev–Trinajstić information content (AvgIpc) is 2.82. The maximum atomic E-state index is 12.7. The lowest BCUT2D eigenvalue weighted by Crippen LogP contribution is -2.38. The van der Waals surface area contributed by atoms with E-state index in [9.17, 15) is 9.59 Å². The third-order valence-corrected chi connectivity index (χ3v) is 5.01. The van der Waals surface area contributed by atoms with E-state index in [4.69, 9.17) is 5.26 Å². The van der Waals surface area contributed by atoms with Crippen LogP contribution < -0.4 is 4.90 Å². The average molecular weight is 278 g/mol. The fourth-order valence-corrected chi connectivity index (χ4v) is 4.01. The Balaban J connectivity index is 1.73. The Morgan fingerprint density at radius 1 is 0.952 bits per heavy atom. The molecular weight excluding hydrogens is 264 g/mol. The number of benzene rings is 1. The second-order valence-electron chi connectivity index (χ2n) is 6.01. The zero-order valence-electron chi connectivity index (χ0n) is 11.4. The minimum absolute atomic E-state index is 0.0752. The number of anilines is 1. The maximum Gasteiger partial charge on any atom is 0.238 e. The highest BCUT2D eigenvalue weighted by molar-refractivity contribution is 6.22. The molecule has 1 saturated carbocycles. The maximum absolute atomic E-state index is 12.7. The second-order valence-corrected chi connectivity index (χ2v) is 6.01. The fourth-order valence-electron chi connectivity index (χ4n) is 4.01. The highest BCUT2D eigenvalue weighted by Crippen LogP contribution is 2.50. The molecule has 0 N–H and O–H groups in total. The normalized spacial score (nSPS) is 33.2. The number of nitrogens with zero attached hydrogens (tertiary/aromatic N) is 2. The Labute approximate surface area is 122 Å². The van der Waals surface area contributed by atoms with Gasteiger partial charge in [-0.2, -0.15) is 5.26 Å². The Kier molecular flexibility index (Phi) is 2.52. The van der Waals surface area contributed by atoms with Crippen molar-refractivity contribution in [2.24, 2.45) is 23.7 Å². The van der Waals surface area contributed by atoms with Gasteiger partial charge in [0.05, 0.1) is 29.2 Å². The fraction of sp³-hybridized carbons (Fsp3) is 0.353. The van der Waals surface area contributed by atoms with E-state index < -0.39 is 0 Å². The first-order valence-corrected chi connectivity index (χ1v) is 7.27. The summed E-state index contributed by atoms with van der Waals surface area (Å²) in [5.41, 5.74) is 1.11. The van der Waals surface area contributed by atoms with Gasteiger partial charge in [-0.25, -0.2) is 0 Å². The lowest BCUT2D eigenvalue weighted by molar-refractivity contribution is -0.124. The molecule has 0 spiro atoms. The number of hydrogen-bond donors (Lipinski definition) is 0. The summed E-state index contributed by atoms with van der Waals surface area (Å²) in [5, 5.41) is 8.84. The van der Waals surface area contributed by atoms with Crippen LogP contribution in [0.3, 0.4) is 0 Å². The number of carbonyl (C=O) groups is 2. The van der Waals surface area contributed by atoms with E-state index in [0.29, 0.717) is 11.3 Å². The molecule has 4 nitrogen and oxygen atoms in total. The van der Waals surface area contributed by atoms with Crippen molar-refractivity contribution < 1.29 is 9.59 Å². The van der Waals surface area contributed by atoms with Gasteiger partial charge in [0.25, 0.3) is 0 Å². The van der Waals surface area contributed by atoms with Gasteiger partial charge in [-0.15, -0.1) is 0 Å². The number of carbonyl (C=O) groups excluding carboxylic acids is 2. The van der Waals surface area contributed by atoms with Crippen LogP contribution in [0.4, 0.5) is 5.69 Å². The van der Waals surface area contributed by atoms with E-state index in [-0.39, 0.29) is 35.5 Å². The molecule has 4 aliphatic rings. The Morgan fingerprint density at radius 2 is 1.48 bits per heavy atom. The van der Waals surface area contributed by atoms with Crippen molar-refractivity contribution in [2.45, 2.75) is 12.8 Å². The molecule has 1 aromatic rings. The molecule has 21 heavy (non-hydrogen) atoms. The number of fused-ring (bicyclic) bond motifs is 1. The van der Waals surface area contributed by atoms with Crippen molar-refractivity contribution in [3.05, 3.63) is 42.0 Å². The van der Waals surface area contributed by atoms with Crippen LogP contribution in [-0.2, 0) is 9.59 Å². The Morgan fingerprint density at radius 3 is 1.90 bits per heavy atom. The smallest absolute Gasteiger partial charge is 0.238 e. The second kappa shape index (κ2) is 4.29. The lowest BCUT2D eigenvalue weighted by Gasteiger charge is -2.38. The van der Waals surface area contributed by atoms with Crippen molar-refractivity contribution in [3.8, 4) is 6.07 Å². The van der Waals surface area contributed by atoms with Crippen molar-refractivity contribution in [1.82, 2.24) is 0 Å². The van der Waals surface area contributed by atoms with Crippen molar-refractivity contribution in [2.75, 3.05) is 4.90 Å². The molecule has 5 rings (SSSR count). The number of allylic oxidation sites excluding steroid dienone is 2. The third kappa shape index (κ3) is 1.61. The summed E-state index contributed by atoms with van der Waals surface area (Å²) in [4.78, 5) is 26.7. The summed E-state index contributed by atoms with van der Waals surface area (Å²) in [7, 11) is 0. The quantitative estimate of drug-likeness (QED) is 0.584. The molecule has 2 fully saturated rings. The van der Waals surface area contributed by atoms with Crippen molar-refractivity contribution in [3.63, 3.8) is 0 Å². The number of nitriles is 1. The minimum Gasteiger partial charge on any atom is -0.274 e. The molecule has 2 amide bonds. The minimum atomic E-state index is -0.183. The van der Waals surface area contributed by atoms with E-state index in [2.05, 4.69) is 12.2 Å². The summed E-state index contributed by atoms with van der Waals surface area (Å²) in [6.45, 7) is 0. The lowest BCUT2D eigenvalue weighted by atomic mass is 9.63. The molecule has 2 bridgehead atoms. The van der Waals surface area contributed by atoms with Gasteiger partial charge in [0.1, 0.15) is 0 Å². The van der Waals surface area contributed by atoms with Crippen molar-refractivity contribution in [1.29, 1.82) is 5.26 Å². The van der Waals surface area contributed by atoms with Gasteiger partial charge >= 0.3 is 0 Å². The molecule has 104 valence electrons. The number of amides is 2. The van der Waals surface area contributed by atoms with Gasteiger partial charge in [-0.05, 0) is 48.9 Å². The monoisotopic (exact) mass is 278 g/mol. The number of imide groups is 1. The standard InChI is InChI=1S/C17H14N2O2/c18-9-10-1-7-13(8-2-10)19-16(20)14-11-3-4-12(6-5-11)15(14)17(19)21/h1-4,7-8,11-12,14-15H,5-6H2/t11-,12-,14-,15+/m0/s1. The third-order valence-electron chi connectivity index (χ3n) is 5.01. The molecule has 0 radical (unpaired) electrons. The van der Waals surface area contributed by atoms with Gasteiger partial charge < -0.3 is 0 Å². The van der Waals surface area contributed by atoms with Crippen LogP contribution in [0.15, 0.2) is 36.4 Å². The van der Waals surface area contributed by atoms with Gasteiger partial charge in [-0.3, -0.25) is 14.5 Å². The molecule has 0 aromatic heterocycles. The van der Waals surface area contributed by atoms with Crippen LogP contribution in [0.25, 0.3) is 0 Å². The van der Waals surface area contributed by atoms with Crippen LogP contribution in [-0.4, -0.2) is 11.8 Å². The zero-order chi connectivity index (χ0) is 14.6. The Hall–Kier alpha value is -2.41. The summed E-state index contributed by atoms with van der Waals surface area (Å²) in [6.07, 6.45) is 6.23. The van der Waals surface area contributed by atoms with Gasteiger partial charge in [0.15, 0.2) is 0 Å². The van der Waals surface area contributed by atoms with E-state index in [1.807, 2.05) is 6.07 Å². The van der Waals surface area contributed by atoms with E-state index in [1.165, 1.54) is 4.90 Å². The number of rotatable bonds is 1. The zero-order valence-corrected chi connectivity index (χ0v) is 11.4. The molecule has 0 unspecified atom stereocenters. The topological polar surface area (TPSA) is 61.2 Å². The van der Waals surface area contributed by atoms with Crippen LogP contribution in [0, 0.1) is 35.0 Å². The van der Waals surface area contributed by atoms with E-state index in [0.717, 1.165) is 12.8 Å². The van der Waals surface area contributed by atoms with Crippen LogP contribution >= 0.6 is 0 Å². The van der Waals surface area contributed by atoms with Crippen LogP contribution in [0.1, 0.15) is 18.4 Å². The molecule has 1 saturated heterocycles. The molecule has 3 aliphatic carbocycles. The summed E-state index contributed by atoms with van der Waals surface area (Å²) in [6, 6.07) is 8.69. The summed E-state index contributed by atoms with van der Waals surface area (Å²) >= 11 is 0. The first kappa shape index (κ1) is 12.3. The summed E-state index contributed by atoms with van der Waals surface area (Å²) < 4.78 is 0. The highest BCUT2D eigenvalue weighted by Gasteiger charge is 2.56. The largest absolute Gasteiger partial charge is 0.274 e. The number of hydrogen-bond acceptors (Lipinski definition) is 3. The van der Waals surface area contributed by atoms with Crippen molar-refractivity contribution >= 4 is 17.5 Å². The predicted molar refractivity (Wildman–Crippen MR) is 76.0 cm³/mol. The Bertz CT molecular complexity index is 666. The first-order chi connectivity index (χ1) is 10.2. The van der Waals surface area contributed by atoms with Crippen LogP contribution in [0.2, 0.25) is 0 Å². The first-order valence-electron chi connectivity index (χ1n) is 7.27.